The molecule has 2 fully saturated rings. The summed E-state index contributed by atoms with van der Waals surface area (Å²) < 4.78 is 0. The Morgan fingerprint density at radius 3 is 2.38 bits per heavy atom. The number of anilines is 1. The maximum absolute atomic E-state index is 12.8. The van der Waals surface area contributed by atoms with Crippen LogP contribution in [0.5, 0.6) is 0 Å². The van der Waals surface area contributed by atoms with Crippen molar-refractivity contribution in [2.45, 2.75) is 64.3 Å². The minimum absolute atomic E-state index is 0.0468. The Bertz CT molecular complexity index is 795. The number of hydrogen-bond donors (Lipinski definition) is 1. The van der Waals surface area contributed by atoms with Crippen LogP contribution in [-0.4, -0.2) is 35.2 Å². The zero-order valence-corrected chi connectivity index (χ0v) is 17.4. The van der Waals surface area contributed by atoms with Gasteiger partial charge in [0.15, 0.2) is 5.82 Å². The second-order valence-corrected chi connectivity index (χ2v) is 8.63. The fourth-order valence-electron chi connectivity index (χ4n) is 4.51. The van der Waals surface area contributed by atoms with E-state index in [4.69, 9.17) is 0 Å². The van der Waals surface area contributed by atoms with Gasteiger partial charge in [0.2, 0.25) is 5.91 Å². The highest BCUT2D eigenvalue weighted by molar-refractivity contribution is 5.79. The monoisotopic (exact) mass is 392 g/mol. The van der Waals surface area contributed by atoms with Crippen LogP contribution in [0.2, 0.25) is 0 Å². The molecule has 1 N–H and O–H groups in total. The van der Waals surface area contributed by atoms with E-state index in [0.717, 1.165) is 55.8 Å². The molecule has 1 saturated carbocycles. The summed E-state index contributed by atoms with van der Waals surface area (Å²) in [7, 11) is 0. The number of carbonyl (C=O) groups excluding carboxylic acids is 1. The minimum atomic E-state index is 0.0468. The first-order chi connectivity index (χ1) is 14.2. The molecule has 1 aliphatic heterocycles. The molecule has 1 aromatic heterocycles. The van der Waals surface area contributed by atoms with Crippen LogP contribution < -0.4 is 10.2 Å². The summed E-state index contributed by atoms with van der Waals surface area (Å²) in [6.45, 7) is 3.75. The zero-order valence-electron chi connectivity index (χ0n) is 17.4. The maximum atomic E-state index is 12.8. The molecule has 1 aromatic carbocycles. The fourth-order valence-corrected chi connectivity index (χ4v) is 4.51. The lowest BCUT2D eigenvalue weighted by Crippen LogP contribution is -2.46. The van der Waals surface area contributed by atoms with Gasteiger partial charge in [0.05, 0.1) is 11.6 Å². The number of hydrogen-bond acceptors (Lipinski definition) is 4. The van der Waals surface area contributed by atoms with E-state index >= 15 is 0 Å². The van der Waals surface area contributed by atoms with Crippen molar-refractivity contribution in [1.82, 2.24) is 15.5 Å². The van der Waals surface area contributed by atoms with Crippen LogP contribution in [0.25, 0.3) is 11.3 Å². The zero-order chi connectivity index (χ0) is 20.1. The van der Waals surface area contributed by atoms with Crippen molar-refractivity contribution in [2.75, 3.05) is 18.0 Å². The molecule has 1 amide bonds. The lowest BCUT2D eigenvalue weighted by molar-refractivity contribution is -0.126. The van der Waals surface area contributed by atoms with Crippen molar-refractivity contribution in [3.63, 3.8) is 0 Å². The lowest BCUT2D eigenvalue weighted by atomic mass is 9.96. The van der Waals surface area contributed by atoms with E-state index in [1.807, 2.05) is 12.1 Å². The fraction of sp³-hybridized carbons (Fsp3) is 0.542. The lowest BCUT2D eigenvalue weighted by Gasteiger charge is -2.33. The molecule has 1 unspecified atom stereocenters. The van der Waals surface area contributed by atoms with Gasteiger partial charge in [-0.15, -0.1) is 10.2 Å². The Kier molecular flexibility index (Phi) is 6.43. The van der Waals surface area contributed by atoms with Gasteiger partial charge in [-0.05, 0) is 44.7 Å². The molecule has 29 heavy (non-hydrogen) atoms. The number of rotatable bonds is 4. The first-order valence-corrected chi connectivity index (χ1v) is 11.1. The summed E-state index contributed by atoms with van der Waals surface area (Å²) in [5.74, 6) is 1.14. The number of aromatic nitrogens is 2. The van der Waals surface area contributed by atoms with Crippen LogP contribution >= 0.6 is 0 Å². The van der Waals surface area contributed by atoms with E-state index in [-0.39, 0.29) is 11.8 Å². The average Bonchev–Trinajstić information content (AvgIpc) is 3.03. The van der Waals surface area contributed by atoms with Gasteiger partial charge in [-0.25, -0.2) is 0 Å². The summed E-state index contributed by atoms with van der Waals surface area (Å²) in [6.07, 6.45) is 9.34. The van der Waals surface area contributed by atoms with Gasteiger partial charge in [0, 0.05) is 24.7 Å². The van der Waals surface area contributed by atoms with Gasteiger partial charge < -0.3 is 10.2 Å². The number of amides is 1. The number of benzene rings is 1. The van der Waals surface area contributed by atoms with Crippen molar-refractivity contribution < 1.29 is 4.79 Å². The summed E-state index contributed by atoms with van der Waals surface area (Å²) in [6, 6.07) is 12.8. The van der Waals surface area contributed by atoms with E-state index in [1.54, 1.807) is 0 Å². The molecule has 4 rings (SSSR count). The van der Waals surface area contributed by atoms with Crippen LogP contribution in [0, 0.1) is 12.8 Å². The van der Waals surface area contributed by atoms with Crippen LogP contribution in [0.4, 0.5) is 5.82 Å². The highest BCUT2D eigenvalue weighted by atomic mass is 16.2. The SMILES string of the molecule is Cc1ccc(-c2ccc(N3CCCC(C(=O)NC4CCCCCC4)C3)nn2)cc1. The second kappa shape index (κ2) is 9.38. The van der Waals surface area contributed by atoms with E-state index in [0.29, 0.717) is 6.04 Å². The quantitative estimate of drug-likeness (QED) is 0.778. The minimum Gasteiger partial charge on any atom is -0.354 e. The van der Waals surface area contributed by atoms with Crippen molar-refractivity contribution in [3.8, 4) is 11.3 Å². The van der Waals surface area contributed by atoms with Crippen molar-refractivity contribution in [2.24, 2.45) is 5.92 Å². The Balaban J connectivity index is 1.37. The molecule has 0 radical (unpaired) electrons. The number of piperidine rings is 1. The summed E-state index contributed by atoms with van der Waals surface area (Å²) in [4.78, 5) is 15.1. The predicted octanol–water partition coefficient (Wildman–Crippen LogP) is 4.51. The molecular formula is C24H32N4O. The molecule has 154 valence electrons. The van der Waals surface area contributed by atoms with Gasteiger partial charge in [0.1, 0.15) is 0 Å². The maximum Gasteiger partial charge on any atom is 0.225 e. The first-order valence-electron chi connectivity index (χ1n) is 11.1. The summed E-state index contributed by atoms with van der Waals surface area (Å²) in [5, 5.41) is 12.2. The Hall–Kier alpha value is -2.43. The molecule has 2 heterocycles. The van der Waals surface area contributed by atoms with Gasteiger partial charge in [-0.2, -0.15) is 0 Å². The smallest absolute Gasteiger partial charge is 0.225 e. The highest BCUT2D eigenvalue weighted by Gasteiger charge is 2.28. The first kappa shape index (κ1) is 19.9. The average molecular weight is 393 g/mol. The standard InChI is InChI=1S/C24H32N4O/c1-18-10-12-19(13-11-18)22-14-15-23(27-26-22)28-16-6-7-20(17-28)24(29)25-21-8-4-2-3-5-9-21/h10-15,20-21H,2-9,16-17H2,1H3,(H,25,29). The second-order valence-electron chi connectivity index (χ2n) is 8.63. The normalized spacial score (nSPS) is 20.9. The summed E-state index contributed by atoms with van der Waals surface area (Å²) in [5.41, 5.74) is 3.20. The van der Waals surface area contributed by atoms with Crippen LogP contribution in [0.1, 0.15) is 56.9 Å². The highest BCUT2D eigenvalue weighted by Crippen LogP contribution is 2.24. The van der Waals surface area contributed by atoms with Crippen molar-refractivity contribution >= 4 is 11.7 Å². The Labute approximate surface area is 173 Å². The number of nitrogens with one attached hydrogen (secondary N) is 1. The molecule has 5 nitrogen and oxygen atoms in total. The van der Waals surface area contributed by atoms with Crippen molar-refractivity contribution in [1.29, 1.82) is 0 Å². The predicted molar refractivity (Wildman–Crippen MR) is 117 cm³/mol. The van der Waals surface area contributed by atoms with Gasteiger partial charge in [-0.1, -0.05) is 55.5 Å². The van der Waals surface area contributed by atoms with Gasteiger partial charge >= 0.3 is 0 Å². The third-order valence-electron chi connectivity index (χ3n) is 6.32. The van der Waals surface area contributed by atoms with Gasteiger partial charge in [0.25, 0.3) is 0 Å². The van der Waals surface area contributed by atoms with Gasteiger partial charge in [-0.3, -0.25) is 4.79 Å². The molecule has 1 aliphatic carbocycles. The van der Waals surface area contributed by atoms with E-state index in [9.17, 15) is 4.79 Å². The van der Waals surface area contributed by atoms with Crippen molar-refractivity contribution in [3.05, 3.63) is 42.0 Å². The molecule has 5 heteroatoms. The van der Waals surface area contributed by atoms with E-state index < -0.39 is 0 Å². The summed E-state index contributed by atoms with van der Waals surface area (Å²) >= 11 is 0. The molecule has 0 spiro atoms. The molecule has 2 aromatic rings. The number of nitrogens with zero attached hydrogens (tertiary/aromatic N) is 3. The molecule has 2 aliphatic rings. The number of aryl methyl sites for hydroxylation is 1. The van der Waals surface area contributed by atoms with Crippen LogP contribution in [0.15, 0.2) is 36.4 Å². The molecule has 1 saturated heterocycles. The topological polar surface area (TPSA) is 58.1 Å². The third kappa shape index (κ3) is 5.14. The largest absolute Gasteiger partial charge is 0.354 e. The van der Waals surface area contributed by atoms with E-state index in [1.165, 1.54) is 31.2 Å². The molecule has 0 bridgehead atoms. The Morgan fingerprint density at radius 2 is 1.69 bits per heavy atom. The molecule has 1 atom stereocenters. The Morgan fingerprint density at radius 1 is 0.931 bits per heavy atom. The van der Waals surface area contributed by atoms with Crippen LogP contribution in [0.3, 0.4) is 0 Å². The number of carbonyl (C=O) groups is 1. The molecular weight excluding hydrogens is 360 g/mol. The van der Waals surface area contributed by atoms with Crippen LogP contribution in [-0.2, 0) is 4.79 Å². The third-order valence-corrected chi connectivity index (χ3v) is 6.32. The van der Waals surface area contributed by atoms with E-state index in [2.05, 4.69) is 51.6 Å².